The Kier molecular flexibility index (Phi) is 4.55. The van der Waals surface area contributed by atoms with Crippen LogP contribution >= 0.6 is 7.65 Å². The maximum atomic E-state index is 12.2. The molecule has 0 spiro atoms. The van der Waals surface area contributed by atoms with Gasteiger partial charge in [0.2, 0.25) is 5.12 Å². The molecule has 0 aliphatic rings. The number of fused-ring (bicyclic) bond motifs is 3. The molecule has 120 valence electrons. The molecular weight excluding hydrogens is 303 g/mol. The first-order chi connectivity index (χ1) is 11.0. The van der Waals surface area contributed by atoms with Crippen LogP contribution in [0.15, 0.2) is 46.7 Å². The van der Waals surface area contributed by atoms with Gasteiger partial charge in [0.15, 0.2) is 5.58 Å². The van der Waals surface area contributed by atoms with Crippen LogP contribution in [0.5, 0.6) is 0 Å². The van der Waals surface area contributed by atoms with E-state index in [2.05, 4.69) is 32.9 Å². The molecule has 0 aliphatic heterocycles. The highest BCUT2D eigenvalue weighted by Crippen LogP contribution is 2.38. The molecule has 2 nitrogen and oxygen atoms in total. The monoisotopic (exact) mass is 327 g/mol. The summed E-state index contributed by atoms with van der Waals surface area (Å²) < 4.78 is 17.9. The minimum absolute atomic E-state index is 0.138. The van der Waals surface area contributed by atoms with Crippen molar-refractivity contribution in [3.8, 4) is 0 Å². The lowest BCUT2D eigenvalue weighted by atomic mass is 9.79. The molecule has 2 aromatic carbocycles. The first kappa shape index (κ1) is 16.2. The zero-order valence-corrected chi connectivity index (χ0v) is 15.0. The predicted molar refractivity (Wildman–Crippen MR) is 98.5 cm³/mol. The zero-order valence-electron chi connectivity index (χ0n) is 14.1. The Hall–Kier alpha value is -1.66. The predicted octanol–water partition coefficient (Wildman–Crippen LogP) is 7.19. The fraction of sp³-hybridized carbons (Fsp3) is 0.400. The van der Waals surface area contributed by atoms with Crippen LogP contribution < -0.4 is 0 Å². The molecule has 1 unspecified atom stereocenters. The van der Waals surface area contributed by atoms with Crippen LogP contribution in [0.3, 0.4) is 0 Å². The summed E-state index contributed by atoms with van der Waals surface area (Å²) in [6.45, 7) is 6.85. The van der Waals surface area contributed by atoms with Gasteiger partial charge in [0.05, 0.1) is 0 Å². The molecule has 0 fully saturated rings. The zero-order chi connectivity index (χ0) is 16.4. The molecule has 3 aromatic rings. The first-order valence-corrected chi connectivity index (χ1v) is 9.60. The lowest BCUT2D eigenvalue weighted by Gasteiger charge is -2.25. The Morgan fingerprint density at radius 2 is 1.83 bits per heavy atom. The standard InChI is InChI=1S/C20H24O2P/c1-4-5-8-13-20(2,3)15-11-12-18-17(14-15)16-9-6-7-10-19(16)23(21)22-18/h6-7,9-12,14H,4-5,8,13H2,1-3H3/q+1. The van der Waals surface area contributed by atoms with Crippen molar-refractivity contribution in [2.75, 3.05) is 0 Å². The Morgan fingerprint density at radius 3 is 2.61 bits per heavy atom. The summed E-state index contributed by atoms with van der Waals surface area (Å²) in [6.07, 6.45) is 4.95. The van der Waals surface area contributed by atoms with E-state index in [1.54, 1.807) is 0 Å². The van der Waals surface area contributed by atoms with Crippen LogP contribution in [0.4, 0.5) is 0 Å². The smallest absolute Gasteiger partial charge is 0.250 e. The van der Waals surface area contributed by atoms with Crippen molar-refractivity contribution < 1.29 is 8.76 Å². The minimum atomic E-state index is -1.79. The number of unbranched alkanes of at least 4 members (excludes halogenated alkanes) is 2. The number of rotatable bonds is 5. The van der Waals surface area contributed by atoms with Crippen molar-refractivity contribution in [1.82, 2.24) is 0 Å². The van der Waals surface area contributed by atoms with E-state index in [-0.39, 0.29) is 5.41 Å². The van der Waals surface area contributed by atoms with Crippen LogP contribution in [-0.2, 0) is 9.98 Å². The molecule has 0 bridgehead atoms. The van der Waals surface area contributed by atoms with E-state index < -0.39 is 7.65 Å². The van der Waals surface area contributed by atoms with Crippen LogP contribution in [0.25, 0.3) is 21.5 Å². The summed E-state index contributed by atoms with van der Waals surface area (Å²) in [5.41, 5.74) is 2.19. The Labute approximate surface area is 138 Å². The van der Waals surface area contributed by atoms with E-state index in [1.807, 2.05) is 30.3 Å². The second-order valence-corrected chi connectivity index (χ2v) is 8.10. The van der Waals surface area contributed by atoms with Crippen molar-refractivity contribution >= 4 is 29.1 Å². The summed E-state index contributed by atoms with van der Waals surface area (Å²) >= 11 is 0. The molecule has 0 saturated carbocycles. The number of benzene rings is 2. The van der Waals surface area contributed by atoms with E-state index in [4.69, 9.17) is 4.20 Å². The molecule has 1 atom stereocenters. The Morgan fingerprint density at radius 1 is 1.04 bits per heavy atom. The average Bonchev–Trinajstić information content (AvgIpc) is 2.55. The molecule has 3 heteroatoms. The second kappa shape index (κ2) is 6.45. The molecule has 0 radical (unpaired) electrons. The molecule has 1 aromatic heterocycles. The van der Waals surface area contributed by atoms with Crippen LogP contribution in [0.1, 0.15) is 52.0 Å². The summed E-state index contributed by atoms with van der Waals surface area (Å²) in [5.74, 6) is 0. The topological polar surface area (TPSA) is 30.2 Å². The lowest BCUT2D eigenvalue weighted by molar-refractivity contribution is 0.450. The summed E-state index contributed by atoms with van der Waals surface area (Å²) in [6, 6.07) is 14.2. The molecule has 0 amide bonds. The highest BCUT2D eigenvalue weighted by Gasteiger charge is 2.22. The van der Waals surface area contributed by atoms with Crippen LogP contribution in [0, 0.1) is 0 Å². The van der Waals surface area contributed by atoms with Crippen molar-refractivity contribution in [2.24, 2.45) is 0 Å². The first-order valence-electron chi connectivity index (χ1n) is 8.42. The lowest BCUT2D eigenvalue weighted by Crippen LogP contribution is -2.16. The quantitative estimate of drug-likeness (QED) is 0.367. The maximum absolute atomic E-state index is 12.2. The highest BCUT2D eigenvalue weighted by molar-refractivity contribution is 7.37. The third-order valence-corrected chi connectivity index (χ3v) is 5.88. The molecule has 1 heterocycles. The van der Waals surface area contributed by atoms with Crippen molar-refractivity contribution in [1.29, 1.82) is 0 Å². The van der Waals surface area contributed by atoms with E-state index in [1.165, 1.54) is 31.2 Å². The third-order valence-electron chi connectivity index (χ3n) is 4.74. The van der Waals surface area contributed by atoms with Gasteiger partial charge in [0, 0.05) is 10.8 Å². The molecular formula is C20H24O2P+. The van der Waals surface area contributed by atoms with Crippen molar-refractivity contribution in [3.05, 3.63) is 48.0 Å². The normalized spacial score (nSPS) is 12.9. The van der Waals surface area contributed by atoms with Gasteiger partial charge in [-0.25, -0.2) is 4.20 Å². The van der Waals surface area contributed by atoms with Gasteiger partial charge in [0.25, 0.3) is 0 Å². The van der Waals surface area contributed by atoms with Gasteiger partial charge in [-0.05, 0) is 46.2 Å². The van der Waals surface area contributed by atoms with Gasteiger partial charge in [-0.15, -0.1) is 0 Å². The molecule has 0 saturated heterocycles. The summed E-state index contributed by atoms with van der Waals surface area (Å²) in [7, 11) is -1.79. The Balaban J connectivity index is 2.13. The van der Waals surface area contributed by atoms with E-state index >= 15 is 0 Å². The van der Waals surface area contributed by atoms with Crippen molar-refractivity contribution in [3.63, 3.8) is 0 Å². The van der Waals surface area contributed by atoms with Gasteiger partial charge >= 0.3 is 7.65 Å². The molecule has 3 rings (SSSR count). The molecule has 0 aliphatic carbocycles. The minimum Gasteiger partial charge on any atom is -0.250 e. The summed E-state index contributed by atoms with van der Waals surface area (Å²) in [5, 5.41) is 2.91. The number of hydrogen-bond acceptors (Lipinski definition) is 2. The number of hydrogen-bond donors (Lipinski definition) is 0. The summed E-state index contributed by atoms with van der Waals surface area (Å²) in [4.78, 5) is 0. The van der Waals surface area contributed by atoms with E-state index in [0.717, 1.165) is 21.5 Å². The van der Waals surface area contributed by atoms with E-state index in [9.17, 15) is 4.57 Å². The highest BCUT2D eigenvalue weighted by atomic mass is 31.1. The Bertz CT molecular complexity index is 893. The van der Waals surface area contributed by atoms with Gasteiger partial charge in [0.1, 0.15) is 0 Å². The van der Waals surface area contributed by atoms with E-state index in [0.29, 0.717) is 0 Å². The third kappa shape index (κ3) is 3.19. The largest absolute Gasteiger partial charge is 0.597 e. The molecule has 23 heavy (non-hydrogen) atoms. The van der Waals surface area contributed by atoms with Crippen LogP contribution in [0.2, 0.25) is 0 Å². The van der Waals surface area contributed by atoms with Crippen molar-refractivity contribution in [2.45, 2.75) is 51.9 Å². The average molecular weight is 327 g/mol. The fourth-order valence-electron chi connectivity index (χ4n) is 3.20. The van der Waals surface area contributed by atoms with Gasteiger partial charge in [-0.3, -0.25) is 0 Å². The maximum Gasteiger partial charge on any atom is 0.597 e. The van der Waals surface area contributed by atoms with Gasteiger partial charge in [-0.2, -0.15) is 0 Å². The second-order valence-electron chi connectivity index (χ2n) is 6.92. The van der Waals surface area contributed by atoms with Gasteiger partial charge in [-0.1, -0.05) is 58.2 Å². The fourth-order valence-corrected chi connectivity index (χ4v) is 4.24. The SMILES string of the molecule is CCCCCC(C)(C)c1ccc2o[p+](=O)c3ccccc3c2c1. The molecule has 0 N–H and O–H groups in total. The van der Waals surface area contributed by atoms with Crippen LogP contribution in [-0.4, -0.2) is 0 Å². The van der Waals surface area contributed by atoms with Gasteiger partial charge < -0.3 is 0 Å².